The van der Waals surface area contributed by atoms with Gasteiger partial charge in [0.25, 0.3) is 5.91 Å². The van der Waals surface area contributed by atoms with E-state index in [2.05, 4.69) is 5.32 Å². The van der Waals surface area contributed by atoms with Crippen LogP contribution in [0.25, 0.3) is 0 Å². The molecule has 0 atom stereocenters. The lowest BCUT2D eigenvalue weighted by atomic mass is 10.0. The summed E-state index contributed by atoms with van der Waals surface area (Å²) >= 11 is 1.29. The Morgan fingerprint density at radius 2 is 1.78 bits per heavy atom. The van der Waals surface area contributed by atoms with E-state index in [1.165, 1.54) is 35.6 Å². The minimum Gasteiger partial charge on any atom is -0.486 e. The molecule has 1 amide bonds. The van der Waals surface area contributed by atoms with Crippen molar-refractivity contribution >= 4 is 28.7 Å². The molecule has 0 saturated carbocycles. The Labute approximate surface area is 158 Å². The summed E-state index contributed by atoms with van der Waals surface area (Å²) in [5, 5.41) is 4.54. The largest absolute Gasteiger partial charge is 0.486 e. The molecule has 3 aromatic rings. The Morgan fingerprint density at radius 3 is 2.48 bits per heavy atom. The van der Waals surface area contributed by atoms with Gasteiger partial charge in [0.05, 0.1) is 16.1 Å². The summed E-state index contributed by atoms with van der Waals surface area (Å²) in [6.45, 7) is 0.740. The molecule has 4 rings (SSSR count). The number of thiophene rings is 1. The van der Waals surface area contributed by atoms with Gasteiger partial charge >= 0.3 is 0 Å². The molecule has 27 heavy (non-hydrogen) atoms. The molecule has 0 fully saturated rings. The highest BCUT2D eigenvalue weighted by atomic mass is 32.1. The zero-order chi connectivity index (χ0) is 18.8. The third kappa shape index (κ3) is 3.54. The van der Waals surface area contributed by atoms with E-state index >= 15 is 0 Å². The Morgan fingerprint density at radius 1 is 1.00 bits per heavy atom. The second kappa shape index (κ2) is 7.20. The van der Waals surface area contributed by atoms with Crippen LogP contribution >= 0.6 is 11.3 Å². The van der Waals surface area contributed by atoms with Crippen molar-refractivity contribution in [2.24, 2.45) is 0 Å². The Hall–Kier alpha value is -3.19. The first-order chi connectivity index (χ1) is 13.1. The zero-order valence-electron chi connectivity index (χ0n) is 14.0. The lowest BCUT2D eigenvalue weighted by molar-refractivity contribution is 0.103. The molecule has 0 unspecified atom stereocenters. The molecular formula is C20H14FNO4S. The number of hydrogen-bond acceptors (Lipinski definition) is 5. The molecular weight excluding hydrogens is 369 g/mol. The van der Waals surface area contributed by atoms with E-state index in [9.17, 15) is 14.0 Å². The summed E-state index contributed by atoms with van der Waals surface area (Å²) in [5.41, 5.74) is 0.667. The number of fused-ring (bicyclic) bond motifs is 1. The standard InChI is InChI=1S/C20H14FNO4S/c21-13-4-1-3-12(9-13)19(23)14-10-16-17(26-7-6-25-16)11-15(14)22-20(24)18-5-2-8-27-18/h1-5,8-11H,6-7H2,(H,22,24). The van der Waals surface area contributed by atoms with Crippen LogP contribution in [0.2, 0.25) is 0 Å². The highest BCUT2D eigenvalue weighted by molar-refractivity contribution is 7.12. The molecule has 2 aromatic carbocycles. The summed E-state index contributed by atoms with van der Waals surface area (Å²) in [4.78, 5) is 25.9. The van der Waals surface area contributed by atoms with Crippen molar-refractivity contribution in [3.05, 3.63) is 75.7 Å². The SMILES string of the molecule is O=C(Nc1cc2c(cc1C(=O)c1cccc(F)c1)OCCO2)c1cccs1. The zero-order valence-corrected chi connectivity index (χ0v) is 14.8. The lowest BCUT2D eigenvalue weighted by Crippen LogP contribution is -2.19. The summed E-state index contributed by atoms with van der Waals surface area (Å²) < 4.78 is 24.6. The number of halogens is 1. The van der Waals surface area contributed by atoms with Crippen LogP contribution in [0.5, 0.6) is 11.5 Å². The fraction of sp³-hybridized carbons (Fsp3) is 0.100. The first kappa shape index (κ1) is 17.2. The van der Waals surface area contributed by atoms with Crippen LogP contribution < -0.4 is 14.8 Å². The van der Waals surface area contributed by atoms with Gasteiger partial charge in [0.15, 0.2) is 17.3 Å². The van der Waals surface area contributed by atoms with Gasteiger partial charge < -0.3 is 14.8 Å². The van der Waals surface area contributed by atoms with Crippen molar-refractivity contribution in [1.29, 1.82) is 0 Å². The molecule has 2 heterocycles. The number of carbonyl (C=O) groups is 2. The molecule has 0 aliphatic carbocycles. The fourth-order valence-corrected chi connectivity index (χ4v) is 3.38. The van der Waals surface area contributed by atoms with Gasteiger partial charge in [0, 0.05) is 11.6 Å². The number of ketones is 1. The van der Waals surface area contributed by atoms with Crippen LogP contribution in [-0.2, 0) is 0 Å². The summed E-state index contributed by atoms with van der Waals surface area (Å²) in [6.07, 6.45) is 0. The van der Waals surface area contributed by atoms with E-state index in [0.717, 1.165) is 6.07 Å². The second-order valence-electron chi connectivity index (χ2n) is 5.81. The maximum atomic E-state index is 13.5. The van der Waals surface area contributed by atoms with Crippen LogP contribution in [-0.4, -0.2) is 24.9 Å². The highest BCUT2D eigenvalue weighted by Gasteiger charge is 2.22. The third-order valence-electron chi connectivity index (χ3n) is 4.01. The van der Waals surface area contributed by atoms with Crippen LogP contribution in [0.1, 0.15) is 25.6 Å². The minimum atomic E-state index is -0.512. The molecule has 1 aliphatic rings. The lowest BCUT2D eigenvalue weighted by Gasteiger charge is -2.21. The average molecular weight is 383 g/mol. The Bertz CT molecular complexity index is 1020. The van der Waals surface area contributed by atoms with E-state index in [0.29, 0.717) is 29.6 Å². The topological polar surface area (TPSA) is 64.6 Å². The molecule has 7 heteroatoms. The predicted molar refractivity (Wildman–Crippen MR) is 99.5 cm³/mol. The summed E-state index contributed by atoms with van der Waals surface area (Å²) in [7, 11) is 0. The van der Waals surface area contributed by atoms with Gasteiger partial charge in [0.1, 0.15) is 19.0 Å². The van der Waals surface area contributed by atoms with Gasteiger partial charge in [-0.1, -0.05) is 18.2 Å². The quantitative estimate of drug-likeness (QED) is 0.688. The summed E-state index contributed by atoms with van der Waals surface area (Å²) in [6, 6.07) is 11.9. The van der Waals surface area contributed by atoms with E-state index in [1.807, 2.05) is 0 Å². The molecule has 0 bridgehead atoms. The number of amides is 1. The van der Waals surface area contributed by atoms with Crippen LogP contribution in [0.4, 0.5) is 10.1 Å². The maximum absolute atomic E-state index is 13.5. The highest BCUT2D eigenvalue weighted by Crippen LogP contribution is 2.37. The maximum Gasteiger partial charge on any atom is 0.265 e. The molecule has 1 aromatic heterocycles. The first-order valence-electron chi connectivity index (χ1n) is 8.20. The van der Waals surface area contributed by atoms with E-state index in [1.54, 1.807) is 23.6 Å². The van der Waals surface area contributed by atoms with Crippen molar-refractivity contribution in [3.8, 4) is 11.5 Å². The van der Waals surface area contributed by atoms with Gasteiger partial charge in [-0.15, -0.1) is 11.3 Å². The van der Waals surface area contributed by atoms with Crippen LogP contribution in [0.15, 0.2) is 53.9 Å². The molecule has 136 valence electrons. The number of ether oxygens (including phenoxy) is 2. The third-order valence-corrected chi connectivity index (χ3v) is 4.88. The van der Waals surface area contributed by atoms with Gasteiger partial charge in [-0.2, -0.15) is 0 Å². The predicted octanol–water partition coefficient (Wildman–Crippen LogP) is 4.14. The molecule has 1 aliphatic heterocycles. The number of anilines is 1. The first-order valence-corrected chi connectivity index (χ1v) is 9.08. The van der Waals surface area contributed by atoms with Crippen molar-refractivity contribution in [3.63, 3.8) is 0 Å². The number of benzene rings is 2. The van der Waals surface area contributed by atoms with E-state index in [-0.39, 0.29) is 22.7 Å². The molecule has 0 spiro atoms. The number of nitrogens with one attached hydrogen (secondary N) is 1. The van der Waals surface area contributed by atoms with Gasteiger partial charge in [-0.05, 0) is 29.6 Å². The number of rotatable bonds is 4. The number of carbonyl (C=O) groups excluding carboxylic acids is 2. The van der Waals surface area contributed by atoms with Gasteiger partial charge in [-0.25, -0.2) is 4.39 Å². The molecule has 0 radical (unpaired) electrons. The normalized spacial score (nSPS) is 12.5. The van der Waals surface area contributed by atoms with Crippen LogP contribution in [0.3, 0.4) is 0 Å². The van der Waals surface area contributed by atoms with Gasteiger partial charge in [0.2, 0.25) is 0 Å². The van der Waals surface area contributed by atoms with Crippen molar-refractivity contribution in [2.45, 2.75) is 0 Å². The minimum absolute atomic E-state index is 0.179. The van der Waals surface area contributed by atoms with Crippen molar-refractivity contribution in [1.82, 2.24) is 0 Å². The number of hydrogen-bond donors (Lipinski definition) is 1. The summed E-state index contributed by atoms with van der Waals surface area (Å²) in [5.74, 6) is -0.417. The monoisotopic (exact) mass is 383 g/mol. The Kier molecular flexibility index (Phi) is 4.60. The fourth-order valence-electron chi connectivity index (χ4n) is 2.76. The second-order valence-corrected chi connectivity index (χ2v) is 6.76. The van der Waals surface area contributed by atoms with Crippen molar-refractivity contribution in [2.75, 3.05) is 18.5 Å². The van der Waals surface area contributed by atoms with Crippen molar-refractivity contribution < 1.29 is 23.5 Å². The molecule has 1 N–H and O–H groups in total. The molecule has 0 saturated heterocycles. The Balaban J connectivity index is 1.76. The van der Waals surface area contributed by atoms with E-state index in [4.69, 9.17) is 9.47 Å². The van der Waals surface area contributed by atoms with E-state index < -0.39 is 11.6 Å². The smallest absolute Gasteiger partial charge is 0.265 e. The van der Waals surface area contributed by atoms with Crippen LogP contribution in [0, 0.1) is 5.82 Å². The molecule has 5 nitrogen and oxygen atoms in total. The van der Waals surface area contributed by atoms with Gasteiger partial charge in [-0.3, -0.25) is 9.59 Å². The average Bonchev–Trinajstić information content (AvgIpc) is 3.22.